The average molecular weight is 340 g/mol. The van der Waals surface area contributed by atoms with Crippen molar-refractivity contribution in [1.82, 2.24) is 15.1 Å². The van der Waals surface area contributed by atoms with Gasteiger partial charge < -0.3 is 10.1 Å². The smallest absolute Gasteiger partial charge is 0.271 e. The summed E-state index contributed by atoms with van der Waals surface area (Å²) in [5, 5.41) is 6.28. The lowest BCUT2D eigenvalue weighted by atomic mass is 10.3. The van der Waals surface area contributed by atoms with Crippen LogP contribution in [0.25, 0.3) is 0 Å². The normalized spacial score (nSPS) is 10.3. The van der Waals surface area contributed by atoms with E-state index in [0.717, 1.165) is 0 Å². The molecule has 2 rings (SSSR count). The monoisotopic (exact) mass is 339 g/mol. The number of amides is 1. The minimum Gasteiger partial charge on any atom is -0.471 e. The first-order valence-electron chi connectivity index (χ1n) is 6.93. The van der Waals surface area contributed by atoms with Crippen molar-refractivity contribution in [2.24, 2.45) is 0 Å². The number of benzene rings is 1. The van der Waals surface area contributed by atoms with Crippen molar-refractivity contribution >= 4 is 22.8 Å². The molecule has 122 valence electrons. The van der Waals surface area contributed by atoms with E-state index in [0.29, 0.717) is 18.7 Å². The maximum atomic E-state index is 12.8. The summed E-state index contributed by atoms with van der Waals surface area (Å²) in [7, 11) is 0. The Bertz CT molecular complexity index is 673. The number of ether oxygens (including phenoxy) is 1. The molecule has 1 amide bonds. The van der Waals surface area contributed by atoms with Crippen LogP contribution in [-0.4, -0.2) is 27.5 Å². The molecule has 0 aliphatic rings. The van der Waals surface area contributed by atoms with Gasteiger partial charge >= 0.3 is 0 Å². The van der Waals surface area contributed by atoms with E-state index in [-0.39, 0.29) is 30.6 Å². The van der Waals surface area contributed by atoms with Gasteiger partial charge in [0.1, 0.15) is 17.3 Å². The quantitative estimate of drug-likeness (QED) is 0.592. The van der Waals surface area contributed by atoms with Gasteiger partial charge in [0.2, 0.25) is 5.24 Å². The molecule has 0 radical (unpaired) electrons. The van der Waals surface area contributed by atoms with Gasteiger partial charge in [0, 0.05) is 19.2 Å². The minimum absolute atomic E-state index is 0.0969. The van der Waals surface area contributed by atoms with Gasteiger partial charge in [0.25, 0.3) is 5.91 Å². The lowest BCUT2D eigenvalue weighted by Crippen LogP contribution is -2.25. The zero-order valence-corrected chi connectivity index (χ0v) is 12.9. The second-order valence-corrected chi connectivity index (χ2v) is 5.10. The van der Waals surface area contributed by atoms with Crippen LogP contribution < -0.4 is 10.1 Å². The second-order valence-electron chi connectivity index (χ2n) is 4.68. The molecule has 0 saturated carbocycles. The van der Waals surface area contributed by atoms with Crippen LogP contribution in [0.4, 0.5) is 4.39 Å². The van der Waals surface area contributed by atoms with Crippen LogP contribution >= 0.6 is 11.6 Å². The number of carbonyl (C=O) groups is 2. The second kappa shape index (κ2) is 8.28. The molecule has 0 spiro atoms. The van der Waals surface area contributed by atoms with Crippen molar-refractivity contribution < 1.29 is 18.7 Å². The standard InChI is InChI=1S/C15H15ClFN3O3/c16-14(21)2-1-8-18-15(22)13-7-9-20(19-13)10-23-12-5-3-11(17)4-6-12/h3-7,9H,1-2,8,10H2,(H,18,22). The topological polar surface area (TPSA) is 73.2 Å². The molecular formula is C15H15ClFN3O3. The molecule has 1 aromatic carbocycles. The Morgan fingerprint density at radius 2 is 2.00 bits per heavy atom. The van der Waals surface area contributed by atoms with Crippen molar-refractivity contribution in [1.29, 1.82) is 0 Å². The maximum absolute atomic E-state index is 12.8. The maximum Gasteiger partial charge on any atom is 0.271 e. The number of halogens is 2. The van der Waals surface area contributed by atoms with E-state index in [4.69, 9.17) is 16.3 Å². The van der Waals surface area contributed by atoms with Crippen molar-refractivity contribution in [3.8, 4) is 5.75 Å². The van der Waals surface area contributed by atoms with Gasteiger partial charge in [-0.3, -0.25) is 9.59 Å². The molecule has 0 bridgehead atoms. The summed E-state index contributed by atoms with van der Waals surface area (Å²) >= 11 is 5.21. The number of nitrogens with zero attached hydrogens (tertiary/aromatic N) is 2. The van der Waals surface area contributed by atoms with Crippen LogP contribution in [-0.2, 0) is 11.5 Å². The lowest BCUT2D eigenvalue weighted by molar-refractivity contribution is -0.111. The van der Waals surface area contributed by atoms with Crippen molar-refractivity contribution in [2.45, 2.75) is 19.6 Å². The Kier molecular flexibility index (Phi) is 6.10. The van der Waals surface area contributed by atoms with E-state index < -0.39 is 5.24 Å². The number of aromatic nitrogens is 2. The predicted molar refractivity (Wildman–Crippen MR) is 81.7 cm³/mol. The summed E-state index contributed by atoms with van der Waals surface area (Å²) in [6.45, 7) is 0.440. The molecule has 23 heavy (non-hydrogen) atoms. The SMILES string of the molecule is O=C(Cl)CCCNC(=O)c1ccn(COc2ccc(F)cc2)n1. The minimum atomic E-state index is -0.429. The lowest BCUT2D eigenvalue weighted by Gasteiger charge is -2.06. The zero-order chi connectivity index (χ0) is 16.7. The Labute approximate surface area is 137 Å². The molecule has 1 aromatic heterocycles. The fourth-order valence-corrected chi connectivity index (χ4v) is 1.88. The van der Waals surface area contributed by atoms with E-state index in [1.165, 1.54) is 28.9 Å². The van der Waals surface area contributed by atoms with Crippen molar-refractivity contribution in [3.05, 3.63) is 48.0 Å². The molecule has 0 aliphatic carbocycles. The number of hydrogen-bond acceptors (Lipinski definition) is 4. The van der Waals surface area contributed by atoms with Gasteiger partial charge in [0.15, 0.2) is 6.73 Å². The van der Waals surface area contributed by atoms with Gasteiger partial charge in [-0.15, -0.1) is 0 Å². The third-order valence-electron chi connectivity index (χ3n) is 2.89. The molecule has 6 nitrogen and oxygen atoms in total. The molecule has 0 atom stereocenters. The Morgan fingerprint density at radius 3 is 2.70 bits per heavy atom. The third-order valence-corrected chi connectivity index (χ3v) is 3.08. The third kappa shape index (κ3) is 5.71. The number of nitrogens with one attached hydrogen (secondary N) is 1. The summed E-state index contributed by atoms with van der Waals surface area (Å²) in [6.07, 6.45) is 2.28. The predicted octanol–water partition coefficient (Wildman–Crippen LogP) is 2.33. The zero-order valence-electron chi connectivity index (χ0n) is 12.2. The van der Waals surface area contributed by atoms with Crippen LogP contribution in [0.15, 0.2) is 36.5 Å². The fourth-order valence-electron chi connectivity index (χ4n) is 1.75. The summed E-state index contributed by atoms with van der Waals surface area (Å²) in [4.78, 5) is 22.4. The highest BCUT2D eigenvalue weighted by atomic mass is 35.5. The summed E-state index contributed by atoms with van der Waals surface area (Å²) in [5.41, 5.74) is 0.241. The largest absolute Gasteiger partial charge is 0.471 e. The molecule has 0 fully saturated rings. The average Bonchev–Trinajstić information content (AvgIpc) is 3.00. The number of rotatable bonds is 8. The van der Waals surface area contributed by atoms with Crippen molar-refractivity contribution in [2.75, 3.05) is 6.54 Å². The molecule has 0 saturated heterocycles. The van der Waals surface area contributed by atoms with Crippen LogP contribution in [0.2, 0.25) is 0 Å². The van der Waals surface area contributed by atoms with Gasteiger partial charge in [-0.2, -0.15) is 5.10 Å². The molecule has 0 aliphatic heterocycles. The molecular weight excluding hydrogens is 325 g/mol. The first-order chi connectivity index (χ1) is 11.0. The van der Waals surface area contributed by atoms with Crippen molar-refractivity contribution in [3.63, 3.8) is 0 Å². The van der Waals surface area contributed by atoms with Gasteiger partial charge in [-0.1, -0.05) is 0 Å². The highest BCUT2D eigenvalue weighted by Crippen LogP contribution is 2.11. The van der Waals surface area contributed by atoms with E-state index in [1.54, 1.807) is 12.3 Å². The Morgan fingerprint density at radius 1 is 1.26 bits per heavy atom. The van der Waals surface area contributed by atoms with Gasteiger partial charge in [-0.05, 0) is 48.4 Å². The summed E-state index contributed by atoms with van der Waals surface area (Å²) in [5.74, 6) is -0.183. The van der Waals surface area contributed by atoms with E-state index in [9.17, 15) is 14.0 Å². The summed E-state index contributed by atoms with van der Waals surface area (Å²) < 4.78 is 19.6. The first-order valence-corrected chi connectivity index (χ1v) is 7.31. The Hall–Kier alpha value is -2.41. The highest BCUT2D eigenvalue weighted by Gasteiger charge is 2.09. The van der Waals surface area contributed by atoms with E-state index in [1.807, 2.05) is 0 Å². The van der Waals surface area contributed by atoms with E-state index in [2.05, 4.69) is 10.4 Å². The van der Waals surface area contributed by atoms with Gasteiger partial charge in [0.05, 0.1) is 0 Å². The molecule has 2 aromatic rings. The van der Waals surface area contributed by atoms with Crippen LogP contribution in [0.3, 0.4) is 0 Å². The highest BCUT2D eigenvalue weighted by molar-refractivity contribution is 6.63. The molecule has 1 heterocycles. The van der Waals surface area contributed by atoms with Crippen LogP contribution in [0.5, 0.6) is 5.75 Å². The van der Waals surface area contributed by atoms with E-state index >= 15 is 0 Å². The number of hydrogen-bond donors (Lipinski definition) is 1. The summed E-state index contributed by atoms with van der Waals surface area (Å²) in [6, 6.07) is 7.15. The van der Waals surface area contributed by atoms with Crippen LogP contribution in [0.1, 0.15) is 23.3 Å². The molecule has 1 N–H and O–H groups in total. The first kappa shape index (κ1) is 17.0. The Balaban J connectivity index is 1.79. The molecule has 0 unspecified atom stereocenters. The van der Waals surface area contributed by atoms with Gasteiger partial charge in [-0.25, -0.2) is 9.07 Å². The fraction of sp³-hybridized carbons (Fsp3) is 0.267. The van der Waals surface area contributed by atoms with Crippen LogP contribution in [0, 0.1) is 5.82 Å². The number of carbonyl (C=O) groups excluding carboxylic acids is 2. The molecule has 8 heteroatoms.